The van der Waals surface area contributed by atoms with Gasteiger partial charge in [0.25, 0.3) is 0 Å². The van der Waals surface area contributed by atoms with Crippen LogP contribution in [0.3, 0.4) is 0 Å². The summed E-state index contributed by atoms with van der Waals surface area (Å²) in [6.45, 7) is 4.32. The third-order valence-corrected chi connectivity index (χ3v) is 4.73. The van der Waals surface area contributed by atoms with Gasteiger partial charge in [-0.05, 0) is 50.9 Å². The van der Waals surface area contributed by atoms with Gasteiger partial charge in [-0.3, -0.25) is 0 Å². The molecule has 16 heavy (non-hydrogen) atoms. The van der Waals surface area contributed by atoms with Crippen molar-refractivity contribution in [1.29, 1.82) is 0 Å². The first-order valence-corrected chi connectivity index (χ1v) is 6.46. The van der Waals surface area contributed by atoms with Crippen molar-refractivity contribution in [3.8, 4) is 0 Å². The maximum atomic E-state index is 5.96. The van der Waals surface area contributed by atoms with Crippen molar-refractivity contribution < 1.29 is 0 Å². The molecule has 1 heterocycles. The standard InChI is InChI=1S/C13H21N3/c1-8-7-16(13(14)15-8)9(2)12-6-10-3-4-11(12)5-10/h7,9-12H,3-6H2,1-2H3,(H2,14,15). The molecule has 3 rings (SSSR count). The number of hydrogen-bond acceptors (Lipinski definition) is 2. The highest BCUT2D eigenvalue weighted by Gasteiger charge is 2.42. The number of aryl methyl sites for hydroxylation is 1. The molecular weight excluding hydrogens is 198 g/mol. The number of imidazole rings is 1. The van der Waals surface area contributed by atoms with Crippen molar-refractivity contribution in [1.82, 2.24) is 9.55 Å². The van der Waals surface area contributed by atoms with E-state index in [1.807, 2.05) is 6.92 Å². The van der Waals surface area contributed by atoms with E-state index in [-0.39, 0.29) is 0 Å². The van der Waals surface area contributed by atoms with Crippen LogP contribution < -0.4 is 5.73 Å². The molecule has 3 heteroatoms. The van der Waals surface area contributed by atoms with Gasteiger partial charge in [-0.2, -0.15) is 0 Å². The largest absolute Gasteiger partial charge is 0.369 e. The fourth-order valence-corrected chi connectivity index (χ4v) is 3.95. The molecule has 2 aliphatic carbocycles. The van der Waals surface area contributed by atoms with E-state index in [0.717, 1.165) is 23.4 Å². The summed E-state index contributed by atoms with van der Waals surface area (Å²) in [6, 6.07) is 0.525. The predicted octanol–water partition coefficient (Wildman–Crippen LogP) is 2.77. The van der Waals surface area contributed by atoms with Crippen LogP contribution in [0.5, 0.6) is 0 Å². The van der Waals surface area contributed by atoms with Crippen LogP contribution in [0.1, 0.15) is 44.3 Å². The third kappa shape index (κ3) is 1.45. The van der Waals surface area contributed by atoms with Gasteiger partial charge < -0.3 is 10.3 Å². The summed E-state index contributed by atoms with van der Waals surface area (Å²) in [4.78, 5) is 4.31. The Hall–Kier alpha value is -0.990. The number of hydrogen-bond donors (Lipinski definition) is 1. The topological polar surface area (TPSA) is 43.8 Å². The summed E-state index contributed by atoms with van der Waals surface area (Å²) in [5.74, 6) is 3.47. The minimum Gasteiger partial charge on any atom is -0.369 e. The highest BCUT2D eigenvalue weighted by atomic mass is 15.2. The second kappa shape index (κ2) is 3.51. The molecule has 1 aromatic heterocycles. The Morgan fingerprint density at radius 1 is 1.44 bits per heavy atom. The minimum atomic E-state index is 0.525. The van der Waals surface area contributed by atoms with Crippen molar-refractivity contribution in [3.05, 3.63) is 11.9 Å². The van der Waals surface area contributed by atoms with E-state index < -0.39 is 0 Å². The molecule has 0 aromatic carbocycles. The van der Waals surface area contributed by atoms with Gasteiger partial charge in [0, 0.05) is 12.2 Å². The molecule has 0 aliphatic heterocycles. The monoisotopic (exact) mass is 219 g/mol. The third-order valence-electron chi connectivity index (χ3n) is 4.73. The molecule has 1 aromatic rings. The van der Waals surface area contributed by atoms with Crippen LogP contribution in [0.2, 0.25) is 0 Å². The molecule has 88 valence electrons. The number of aromatic nitrogens is 2. The van der Waals surface area contributed by atoms with E-state index in [1.54, 1.807) is 0 Å². The van der Waals surface area contributed by atoms with E-state index in [1.165, 1.54) is 25.7 Å². The lowest BCUT2D eigenvalue weighted by Gasteiger charge is -2.29. The van der Waals surface area contributed by atoms with E-state index in [4.69, 9.17) is 5.73 Å². The van der Waals surface area contributed by atoms with E-state index >= 15 is 0 Å². The number of anilines is 1. The second-order valence-electron chi connectivity index (χ2n) is 5.73. The summed E-state index contributed by atoms with van der Waals surface area (Å²) in [6.07, 6.45) is 7.87. The van der Waals surface area contributed by atoms with E-state index in [9.17, 15) is 0 Å². The molecule has 0 saturated heterocycles. The number of nitrogen functional groups attached to an aromatic ring is 1. The Kier molecular flexibility index (Phi) is 2.23. The van der Waals surface area contributed by atoms with Crippen molar-refractivity contribution in [2.45, 2.75) is 45.6 Å². The van der Waals surface area contributed by atoms with Crippen molar-refractivity contribution in [2.24, 2.45) is 17.8 Å². The normalized spacial score (nSPS) is 34.5. The maximum absolute atomic E-state index is 5.96. The van der Waals surface area contributed by atoms with Gasteiger partial charge in [0.2, 0.25) is 5.95 Å². The lowest BCUT2D eigenvalue weighted by Crippen LogP contribution is -2.22. The number of fused-ring (bicyclic) bond motifs is 2. The van der Waals surface area contributed by atoms with Crippen molar-refractivity contribution in [2.75, 3.05) is 5.73 Å². The van der Waals surface area contributed by atoms with Crippen LogP contribution in [-0.2, 0) is 0 Å². The lowest BCUT2D eigenvalue weighted by molar-refractivity contribution is 0.244. The Labute approximate surface area is 97.0 Å². The smallest absolute Gasteiger partial charge is 0.200 e. The first-order chi connectivity index (χ1) is 7.65. The van der Waals surface area contributed by atoms with Gasteiger partial charge in [0.15, 0.2) is 0 Å². The van der Waals surface area contributed by atoms with Gasteiger partial charge in [-0.25, -0.2) is 4.98 Å². The lowest BCUT2D eigenvalue weighted by atomic mass is 9.84. The van der Waals surface area contributed by atoms with Crippen LogP contribution in [0.15, 0.2) is 6.20 Å². The van der Waals surface area contributed by atoms with E-state index in [2.05, 4.69) is 22.7 Å². The number of nitrogens with two attached hydrogens (primary N) is 1. The molecule has 2 bridgehead atoms. The molecular formula is C13H21N3. The molecule has 2 fully saturated rings. The van der Waals surface area contributed by atoms with E-state index in [0.29, 0.717) is 12.0 Å². The number of rotatable bonds is 2. The molecule has 0 spiro atoms. The highest BCUT2D eigenvalue weighted by Crippen LogP contribution is 2.52. The summed E-state index contributed by atoms with van der Waals surface area (Å²) in [7, 11) is 0. The first kappa shape index (κ1) is 10.2. The van der Waals surface area contributed by atoms with Crippen molar-refractivity contribution >= 4 is 5.95 Å². The maximum Gasteiger partial charge on any atom is 0.200 e. The highest BCUT2D eigenvalue weighted by molar-refractivity contribution is 5.22. The van der Waals surface area contributed by atoms with Crippen LogP contribution >= 0.6 is 0 Å². The fourth-order valence-electron chi connectivity index (χ4n) is 3.95. The predicted molar refractivity (Wildman–Crippen MR) is 65.0 cm³/mol. The molecule has 4 atom stereocenters. The zero-order valence-electron chi connectivity index (χ0n) is 10.2. The summed E-state index contributed by atoms with van der Waals surface area (Å²) >= 11 is 0. The minimum absolute atomic E-state index is 0.525. The quantitative estimate of drug-likeness (QED) is 0.831. The Morgan fingerprint density at radius 3 is 2.75 bits per heavy atom. The van der Waals surface area contributed by atoms with Gasteiger partial charge in [0.05, 0.1) is 5.69 Å². The van der Waals surface area contributed by atoms with Gasteiger partial charge >= 0.3 is 0 Å². The molecule has 2 saturated carbocycles. The molecule has 0 amide bonds. The van der Waals surface area contributed by atoms with Crippen molar-refractivity contribution in [3.63, 3.8) is 0 Å². The van der Waals surface area contributed by atoms with Crippen LogP contribution in [0, 0.1) is 24.7 Å². The van der Waals surface area contributed by atoms with Gasteiger partial charge in [-0.1, -0.05) is 6.42 Å². The fraction of sp³-hybridized carbons (Fsp3) is 0.769. The van der Waals surface area contributed by atoms with Crippen LogP contribution in [0.25, 0.3) is 0 Å². The average Bonchev–Trinajstić information content (AvgIpc) is 2.91. The Balaban J connectivity index is 1.82. The molecule has 2 N–H and O–H groups in total. The molecule has 3 nitrogen and oxygen atoms in total. The zero-order chi connectivity index (χ0) is 11.3. The number of nitrogens with zero attached hydrogens (tertiary/aromatic N) is 2. The Bertz CT molecular complexity index is 396. The second-order valence-corrected chi connectivity index (χ2v) is 5.73. The molecule has 2 aliphatic rings. The molecule has 0 radical (unpaired) electrons. The van der Waals surface area contributed by atoms with Gasteiger partial charge in [0.1, 0.15) is 0 Å². The van der Waals surface area contributed by atoms with Crippen LogP contribution in [0.4, 0.5) is 5.95 Å². The average molecular weight is 219 g/mol. The molecule has 4 unspecified atom stereocenters. The SMILES string of the molecule is Cc1cn(C(C)C2CC3CCC2C3)c(N)n1. The first-order valence-electron chi connectivity index (χ1n) is 6.46. The Morgan fingerprint density at radius 2 is 2.25 bits per heavy atom. The van der Waals surface area contributed by atoms with Crippen LogP contribution in [-0.4, -0.2) is 9.55 Å². The summed E-state index contributed by atoms with van der Waals surface area (Å²) in [5.41, 5.74) is 6.99. The summed E-state index contributed by atoms with van der Waals surface area (Å²) in [5, 5.41) is 0. The van der Waals surface area contributed by atoms with Gasteiger partial charge in [-0.15, -0.1) is 0 Å². The summed E-state index contributed by atoms with van der Waals surface area (Å²) < 4.78 is 2.18. The zero-order valence-corrected chi connectivity index (χ0v) is 10.2.